The monoisotopic (exact) mass is 278 g/mol. The van der Waals surface area contributed by atoms with E-state index < -0.39 is 0 Å². The Hall–Kier alpha value is -1.35. The molecule has 1 aromatic rings. The van der Waals surface area contributed by atoms with E-state index in [9.17, 15) is 4.39 Å². The van der Waals surface area contributed by atoms with Crippen LogP contribution in [0.25, 0.3) is 0 Å². The molecular formula is C17H23FO2. The van der Waals surface area contributed by atoms with Crippen LogP contribution in [-0.2, 0) is 14.9 Å². The van der Waals surface area contributed by atoms with Gasteiger partial charge in [0, 0.05) is 12.5 Å². The number of rotatable bonds is 5. The molecule has 3 heteroatoms. The van der Waals surface area contributed by atoms with E-state index >= 15 is 0 Å². The van der Waals surface area contributed by atoms with E-state index in [1.54, 1.807) is 19.4 Å². The van der Waals surface area contributed by atoms with E-state index in [1.807, 2.05) is 25.1 Å². The lowest BCUT2D eigenvalue weighted by atomic mass is 9.68. The second-order valence-corrected chi connectivity index (χ2v) is 5.33. The predicted molar refractivity (Wildman–Crippen MR) is 78.1 cm³/mol. The van der Waals surface area contributed by atoms with Crippen molar-refractivity contribution in [3.8, 4) is 0 Å². The zero-order valence-corrected chi connectivity index (χ0v) is 12.3. The van der Waals surface area contributed by atoms with Crippen LogP contribution in [0.4, 0.5) is 4.39 Å². The Labute approximate surface area is 120 Å². The topological polar surface area (TPSA) is 18.5 Å². The fourth-order valence-electron chi connectivity index (χ4n) is 3.01. The third kappa shape index (κ3) is 3.21. The van der Waals surface area contributed by atoms with Gasteiger partial charge in [-0.05, 0) is 50.3 Å². The summed E-state index contributed by atoms with van der Waals surface area (Å²) in [5.41, 5.74) is 0.501. The van der Waals surface area contributed by atoms with Crippen molar-refractivity contribution < 1.29 is 13.9 Å². The molecule has 0 bridgehead atoms. The average Bonchev–Trinajstić information content (AvgIpc) is 2.49. The summed E-state index contributed by atoms with van der Waals surface area (Å²) in [6.45, 7) is 2.58. The van der Waals surface area contributed by atoms with Crippen molar-refractivity contribution >= 4 is 0 Å². The highest BCUT2D eigenvalue weighted by Gasteiger charge is 2.36. The van der Waals surface area contributed by atoms with Gasteiger partial charge in [-0.25, -0.2) is 4.39 Å². The molecule has 1 aliphatic rings. The van der Waals surface area contributed by atoms with Gasteiger partial charge >= 0.3 is 0 Å². The molecule has 110 valence electrons. The molecule has 1 aliphatic carbocycles. The van der Waals surface area contributed by atoms with E-state index in [-0.39, 0.29) is 17.3 Å². The fraction of sp³-hybridized carbons (Fsp3) is 0.529. The predicted octanol–water partition coefficient (Wildman–Crippen LogP) is 4.20. The molecule has 0 amide bonds. The van der Waals surface area contributed by atoms with Crippen LogP contribution in [0.5, 0.6) is 0 Å². The molecule has 2 rings (SSSR count). The fourth-order valence-corrected chi connectivity index (χ4v) is 3.01. The normalized spacial score (nSPS) is 26.9. The SMILES string of the molecule is CCO/C=C/C1(c2ccccc2F)CCC(OC)CC1. The van der Waals surface area contributed by atoms with Crippen LogP contribution < -0.4 is 0 Å². The van der Waals surface area contributed by atoms with Gasteiger partial charge in [0.05, 0.1) is 19.0 Å². The smallest absolute Gasteiger partial charge is 0.127 e. The molecule has 20 heavy (non-hydrogen) atoms. The van der Waals surface area contributed by atoms with Crippen molar-refractivity contribution in [2.45, 2.75) is 44.1 Å². The molecule has 0 spiro atoms. The van der Waals surface area contributed by atoms with Gasteiger partial charge in [0.1, 0.15) is 5.82 Å². The maximum Gasteiger partial charge on any atom is 0.127 e. The van der Waals surface area contributed by atoms with Crippen LogP contribution in [0.15, 0.2) is 36.6 Å². The van der Waals surface area contributed by atoms with E-state index in [0.717, 1.165) is 31.2 Å². The third-order valence-electron chi connectivity index (χ3n) is 4.22. The van der Waals surface area contributed by atoms with Crippen molar-refractivity contribution in [1.29, 1.82) is 0 Å². The molecule has 0 radical (unpaired) electrons. The first-order chi connectivity index (χ1) is 9.72. The highest BCUT2D eigenvalue weighted by atomic mass is 19.1. The largest absolute Gasteiger partial charge is 0.502 e. The Bertz CT molecular complexity index is 448. The number of methoxy groups -OCH3 is 1. The van der Waals surface area contributed by atoms with Crippen molar-refractivity contribution in [3.05, 3.63) is 48.0 Å². The van der Waals surface area contributed by atoms with E-state index in [0.29, 0.717) is 6.61 Å². The minimum atomic E-state index is -0.268. The molecule has 1 aromatic carbocycles. The summed E-state index contributed by atoms with van der Waals surface area (Å²) in [4.78, 5) is 0. The van der Waals surface area contributed by atoms with Gasteiger partial charge in [0.25, 0.3) is 0 Å². The van der Waals surface area contributed by atoms with Crippen LogP contribution in [0.3, 0.4) is 0 Å². The second-order valence-electron chi connectivity index (χ2n) is 5.33. The number of hydrogen-bond acceptors (Lipinski definition) is 2. The van der Waals surface area contributed by atoms with Crippen LogP contribution in [0, 0.1) is 5.82 Å². The van der Waals surface area contributed by atoms with E-state index in [1.165, 1.54) is 6.07 Å². The standard InChI is InChI=1S/C17H23FO2/c1-3-20-13-12-17(10-8-14(19-2)9-11-17)15-6-4-5-7-16(15)18/h4-7,12-14H,3,8-11H2,1-2H3/b13-12+. The summed E-state index contributed by atoms with van der Waals surface area (Å²) in [7, 11) is 1.75. The number of hydrogen-bond donors (Lipinski definition) is 0. The molecule has 1 fully saturated rings. The van der Waals surface area contributed by atoms with Gasteiger partial charge in [0.15, 0.2) is 0 Å². The maximum atomic E-state index is 14.2. The summed E-state index contributed by atoms with van der Waals surface area (Å²) in [5, 5.41) is 0. The van der Waals surface area contributed by atoms with E-state index in [4.69, 9.17) is 9.47 Å². The summed E-state index contributed by atoms with van der Waals surface area (Å²) in [5.74, 6) is -0.135. The van der Waals surface area contributed by atoms with Gasteiger partial charge in [-0.2, -0.15) is 0 Å². The molecule has 0 unspecified atom stereocenters. The van der Waals surface area contributed by atoms with Crippen LogP contribution in [-0.4, -0.2) is 19.8 Å². The molecule has 0 N–H and O–H groups in total. The molecule has 0 aromatic heterocycles. The lowest BCUT2D eigenvalue weighted by Gasteiger charge is -2.38. The highest BCUT2D eigenvalue weighted by molar-refractivity contribution is 5.33. The molecule has 1 saturated carbocycles. The maximum absolute atomic E-state index is 14.2. The first-order valence-corrected chi connectivity index (χ1v) is 7.29. The van der Waals surface area contributed by atoms with Gasteiger partial charge in [-0.3, -0.25) is 0 Å². The molecule has 0 saturated heterocycles. The summed E-state index contributed by atoms with van der Waals surface area (Å²) in [6, 6.07) is 7.06. The highest BCUT2D eigenvalue weighted by Crippen LogP contribution is 2.42. The Morgan fingerprint density at radius 3 is 2.60 bits per heavy atom. The third-order valence-corrected chi connectivity index (χ3v) is 4.22. The lowest BCUT2D eigenvalue weighted by molar-refractivity contribution is 0.0552. The van der Waals surface area contributed by atoms with Crippen molar-refractivity contribution in [2.75, 3.05) is 13.7 Å². The van der Waals surface area contributed by atoms with Crippen molar-refractivity contribution in [1.82, 2.24) is 0 Å². The number of benzene rings is 1. The molecular weight excluding hydrogens is 255 g/mol. The number of allylic oxidation sites excluding steroid dienone is 1. The first-order valence-electron chi connectivity index (χ1n) is 7.29. The molecule has 0 heterocycles. The molecule has 0 atom stereocenters. The van der Waals surface area contributed by atoms with Crippen LogP contribution in [0.2, 0.25) is 0 Å². The lowest BCUT2D eigenvalue weighted by Crippen LogP contribution is -2.33. The van der Waals surface area contributed by atoms with Crippen LogP contribution >= 0.6 is 0 Å². The molecule has 2 nitrogen and oxygen atoms in total. The second kappa shape index (κ2) is 6.89. The summed E-state index contributed by atoms with van der Waals surface area (Å²) >= 11 is 0. The zero-order chi connectivity index (χ0) is 14.4. The number of ether oxygens (including phenoxy) is 2. The van der Waals surface area contributed by atoms with Crippen LogP contribution in [0.1, 0.15) is 38.2 Å². The Morgan fingerprint density at radius 1 is 1.30 bits per heavy atom. The van der Waals surface area contributed by atoms with E-state index in [2.05, 4.69) is 0 Å². The Morgan fingerprint density at radius 2 is 2.00 bits per heavy atom. The quantitative estimate of drug-likeness (QED) is 0.751. The minimum Gasteiger partial charge on any atom is -0.502 e. The average molecular weight is 278 g/mol. The number of halogens is 1. The van der Waals surface area contributed by atoms with Gasteiger partial charge in [-0.1, -0.05) is 18.2 Å². The van der Waals surface area contributed by atoms with Crippen molar-refractivity contribution in [3.63, 3.8) is 0 Å². The zero-order valence-electron chi connectivity index (χ0n) is 12.3. The molecule has 0 aliphatic heterocycles. The Kier molecular flexibility index (Phi) is 5.18. The summed E-state index contributed by atoms with van der Waals surface area (Å²) in [6.07, 6.45) is 7.70. The first kappa shape index (κ1) is 15.0. The minimum absolute atomic E-state index is 0.135. The van der Waals surface area contributed by atoms with Gasteiger partial charge in [0.2, 0.25) is 0 Å². The van der Waals surface area contributed by atoms with Gasteiger partial charge < -0.3 is 9.47 Å². The van der Waals surface area contributed by atoms with Gasteiger partial charge in [-0.15, -0.1) is 0 Å². The van der Waals surface area contributed by atoms with Crippen molar-refractivity contribution in [2.24, 2.45) is 0 Å². The Balaban J connectivity index is 2.28. The summed E-state index contributed by atoms with van der Waals surface area (Å²) < 4.78 is 25.0.